The molecule has 1 heterocycles. The third kappa shape index (κ3) is 4.73. The lowest BCUT2D eigenvalue weighted by Gasteiger charge is -2.09. The van der Waals surface area contributed by atoms with Crippen molar-refractivity contribution in [2.45, 2.75) is 6.42 Å². The highest BCUT2D eigenvalue weighted by atomic mass is 35.5. The summed E-state index contributed by atoms with van der Waals surface area (Å²) in [7, 11) is 0. The van der Waals surface area contributed by atoms with Crippen molar-refractivity contribution in [1.82, 2.24) is 10.2 Å². The van der Waals surface area contributed by atoms with Crippen molar-refractivity contribution in [3.63, 3.8) is 0 Å². The van der Waals surface area contributed by atoms with Crippen molar-refractivity contribution >= 4 is 34.7 Å². The Hall–Kier alpha value is -3.06. The molecular weight excluding hydrogens is 362 g/mol. The number of hydrogen-bond acceptors (Lipinski definition) is 4. The third-order valence-corrected chi connectivity index (χ3v) is 3.75. The van der Waals surface area contributed by atoms with E-state index < -0.39 is 5.82 Å². The molecule has 0 fully saturated rings. The fourth-order valence-electron chi connectivity index (χ4n) is 2.25. The van der Waals surface area contributed by atoms with E-state index >= 15 is 0 Å². The molecule has 0 atom stereocenters. The van der Waals surface area contributed by atoms with Crippen molar-refractivity contribution < 1.29 is 13.6 Å². The fourth-order valence-corrected chi connectivity index (χ4v) is 2.49. The molecule has 0 spiro atoms. The van der Waals surface area contributed by atoms with Gasteiger partial charge >= 0.3 is 0 Å². The molecule has 0 bridgehead atoms. The molecule has 3 rings (SSSR count). The summed E-state index contributed by atoms with van der Waals surface area (Å²) in [4.78, 5) is 12.2. The number of carbonyl (C=O) groups excluding carboxylic acids is 1. The Bertz CT molecular complexity index is 952. The molecule has 2 N–H and O–H groups in total. The number of anilines is 3. The Morgan fingerprint density at radius 1 is 1.04 bits per heavy atom. The zero-order valence-corrected chi connectivity index (χ0v) is 14.1. The predicted molar refractivity (Wildman–Crippen MR) is 95.5 cm³/mol. The molecule has 0 aliphatic rings. The first kappa shape index (κ1) is 17.8. The maximum absolute atomic E-state index is 13.2. The molecule has 2 aromatic carbocycles. The number of carbonyl (C=O) groups is 1. The van der Waals surface area contributed by atoms with Crippen LogP contribution in [0.5, 0.6) is 0 Å². The lowest BCUT2D eigenvalue weighted by molar-refractivity contribution is -0.115. The molecule has 1 aromatic heterocycles. The lowest BCUT2D eigenvalue weighted by atomic mass is 10.1. The first-order chi connectivity index (χ1) is 12.5. The zero-order valence-electron chi connectivity index (χ0n) is 13.3. The van der Waals surface area contributed by atoms with E-state index in [0.29, 0.717) is 22.8 Å². The molecule has 26 heavy (non-hydrogen) atoms. The van der Waals surface area contributed by atoms with E-state index in [0.717, 1.165) is 6.07 Å². The molecule has 1 amide bonds. The minimum absolute atomic E-state index is 0.0197. The van der Waals surface area contributed by atoms with E-state index in [1.807, 2.05) is 0 Å². The van der Waals surface area contributed by atoms with Crippen LogP contribution in [-0.2, 0) is 11.2 Å². The standard InChI is InChI=1S/C18H13ClF2N4O/c19-16-8-13(21)5-4-11(16)6-18(26)24-15-9-17(25-22-10-15)23-14-3-1-2-12(20)7-14/h1-5,7-10H,6H2,(H2,23,24,25,26). The number of halogens is 3. The van der Waals surface area contributed by atoms with Crippen LogP contribution in [0.4, 0.5) is 26.0 Å². The Kier molecular flexibility index (Phi) is 5.38. The van der Waals surface area contributed by atoms with Gasteiger partial charge in [-0.05, 0) is 35.9 Å². The molecule has 3 aromatic rings. The average Bonchev–Trinajstić information content (AvgIpc) is 2.58. The van der Waals surface area contributed by atoms with Crippen molar-refractivity contribution in [3.05, 3.63) is 76.9 Å². The van der Waals surface area contributed by atoms with E-state index in [1.54, 1.807) is 18.2 Å². The molecule has 0 radical (unpaired) electrons. The number of benzene rings is 2. The molecule has 0 aliphatic heterocycles. The lowest BCUT2D eigenvalue weighted by Crippen LogP contribution is -2.15. The summed E-state index contributed by atoms with van der Waals surface area (Å²) in [5.41, 5.74) is 1.41. The minimum Gasteiger partial charge on any atom is -0.339 e. The molecule has 0 aliphatic carbocycles. The van der Waals surface area contributed by atoms with Gasteiger partial charge in [-0.2, -0.15) is 5.10 Å². The van der Waals surface area contributed by atoms with Gasteiger partial charge < -0.3 is 10.6 Å². The number of nitrogens with one attached hydrogen (secondary N) is 2. The van der Waals surface area contributed by atoms with Crippen LogP contribution >= 0.6 is 11.6 Å². The van der Waals surface area contributed by atoms with Gasteiger partial charge in [0.15, 0.2) is 5.82 Å². The van der Waals surface area contributed by atoms with Crippen LogP contribution in [0, 0.1) is 11.6 Å². The van der Waals surface area contributed by atoms with Crippen LogP contribution in [0.1, 0.15) is 5.56 Å². The van der Waals surface area contributed by atoms with Crippen LogP contribution in [0.15, 0.2) is 54.7 Å². The summed E-state index contributed by atoms with van der Waals surface area (Å²) in [6.45, 7) is 0. The summed E-state index contributed by atoms with van der Waals surface area (Å²) in [5, 5.41) is 13.4. The highest BCUT2D eigenvalue weighted by molar-refractivity contribution is 6.31. The third-order valence-electron chi connectivity index (χ3n) is 3.40. The average molecular weight is 375 g/mol. The van der Waals surface area contributed by atoms with Gasteiger partial charge in [-0.3, -0.25) is 4.79 Å². The van der Waals surface area contributed by atoms with Gasteiger partial charge in [-0.1, -0.05) is 23.7 Å². The molecule has 0 unspecified atom stereocenters. The monoisotopic (exact) mass is 374 g/mol. The number of nitrogens with zero attached hydrogens (tertiary/aromatic N) is 2. The fraction of sp³-hybridized carbons (Fsp3) is 0.0556. The van der Waals surface area contributed by atoms with Gasteiger partial charge in [-0.15, -0.1) is 5.10 Å². The van der Waals surface area contributed by atoms with E-state index in [4.69, 9.17) is 11.6 Å². The molecule has 0 saturated carbocycles. The Balaban J connectivity index is 1.67. The Morgan fingerprint density at radius 3 is 2.62 bits per heavy atom. The number of aromatic nitrogens is 2. The number of amides is 1. The summed E-state index contributed by atoms with van der Waals surface area (Å²) >= 11 is 5.92. The van der Waals surface area contributed by atoms with Gasteiger partial charge in [0.1, 0.15) is 11.6 Å². The minimum atomic E-state index is -0.467. The second kappa shape index (κ2) is 7.88. The SMILES string of the molecule is O=C(Cc1ccc(F)cc1Cl)Nc1cnnc(Nc2cccc(F)c2)c1. The number of hydrogen-bond donors (Lipinski definition) is 2. The topological polar surface area (TPSA) is 66.9 Å². The van der Waals surface area contributed by atoms with Crippen LogP contribution in [0.2, 0.25) is 5.02 Å². The predicted octanol–water partition coefficient (Wildman–Crippen LogP) is 4.33. The van der Waals surface area contributed by atoms with Crippen LogP contribution < -0.4 is 10.6 Å². The quantitative estimate of drug-likeness (QED) is 0.697. The van der Waals surface area contributed by atoms with Crippen molar-refractivity contribution in [2.75, 3.05) is 10.6 Å². The summed E-state index contributed by atoms with van der Waals surface area (Å²) in [6, 6.07) is 11.3. The zero-order chi connectivity index (χ0) is 18.5. The van der Waals surface area contributed by atoms with Gasteiger partial charge in [0.05, 0.1) is 18.3 Å². The van der Waals surface area contributed by atoms with Crippen LogP contribution in [0.25, 0.3) is 0 Å². The second-order valence-electron chi connectivity index (χ2n) is 5.43. The summed E-state index contributed by atoms with van der Waals surface area (Å²) in [5.74, 6) is -0.856. The van der Waals surface area contributed by atoms with Crippen molar-refractivity contribution in [2.24, 2.45) is 0 Å². The Morgan fingerprint density at radius 2 is 1.85 bits per heavy atom. The second-order valence-corrected chi connectivity index (χ2v) is 5.83. The van der Waals surface area contributed by atoms with Crippen molar-refractivity contribution in [3.8, 4) is 0 Å². The first-order valence-electron chi connectivity index (χ1n) is 7.59. The molecule has 132 valence electrons. The van der Waals surface area contributed by atoms with E-state index in [-0.39, 0.29) is 23.2 Å². The van der Waals surface area contributed by atoms with Gasteiger partial charge in [0.25, 0.3) is 0 Å². The normalized spacial score (nSPS) is 10.4. The highest BCUT2D eigenvalue weighted by Gasteiger charge is 2.09. The van der Waals surface area contributed by atoms with Gasteiger partial charge in [-0.25, -0.2) is 8.78 Å². The largest absolute Gasteiger partial charge is 0.339 e. The van der Waals surface area contributed by atoms with Crippen molar-refractivity contribution in [1.29, 1.82) is 0 Å². The van der Waals surface area contributed by atoms with E-state index in [1.165, 1.54) is 30.5 Å². The maximum atomic E-state index is 13.2. The summed E-state index contributed by atoms with van der Waals surface area (Å²) < 4.78 is 26.3. The highest BCUT2D eigenvalue weighted by Crippen LogP contribution is 2.20. The first-order valence-corrected chi connectivity index (χ1v) is 7.96. The molecule has 0 saturated heterocycles. The maximum Gasteiger partial charge on any atom is 0.228 e. The van der Waals surface area contributed by atoms with Crippen LogP contribution in [0.3, 0.4) is 0 Å². The smallest absolute Gasteiger partial charge is 0.228 e. The molecule has 8 heteroatoms. The van der Waals surface area contributed by atoms with E-state index in [9.17, 15) is 13.6 Å². The van der Waals surface area contributed by atoms with E-state index in [2.05, 4.69) is 20.8 Å². The Labute approximate surface area is 153 Å². The van der Waals surface area contributed by atoms with Gasteiger partial charge in [0, 0.05) is 16.8 Å². The van der Waals surface area contributed by atoms with Crippen LogP contribution in [-0.4, -0.2) is 16.1 Å². The number of rotatable bonds is 5. The molecule has 5 nitrogen and oxygen atoms in total. The molecular formula is C18H13ClF2N4O. The van der Waals surface area contributed by atoms with Gasteiger partial charge in [0.2, 0.25) is 5.91 Å². The summed E-state index contributed by atoms with van der Waals surface area (Å²) in [6.07, 6.45) is 1.36.